The minimum absolute atomic E-state index is 0.234. The van der Waals surface area contributed by atoms with Crippen molar-refractivity contribution in [1.82, 2.24) is 9.97 Å². The Bertz CT molecular complexity index is 739. The molecular weight excluding hydrogens is 410 g/mol. The summed E-state index contributed by atoms with van der Waals surface area (Å²) in [7, 11) is 0. The lowest BCUT2D eigenvalue weighted by Crippen LogP contribution is -1.86. The van der Waals surface area contributed by atoms with Crippen LogP contribution in [-0.2, 0) is 0 Å². The van der Waals surface area contributed by atoms with Gasteiger partial charge in [0.2, 0.25) is 0 Å². The summed E-state index contributed by atoms with van der Waals surface area (Å²) in [5.41, 5.74) is 2.76. The van der Waals surface area contributed by atoms with Gasteiger partial charge in [-0.25, -0.2) is 9.37 Å². The predicted octanol–water partition coefficient (Wildman–Crippen LogP) is 4.74. The second-order valence-corrected chi connectivity index (χ2v) is 5.95. The highest BCUT2D eigenvalue weighted by atomic mass is 127. The van der Waals surface area contributed by atoms with E-state index in [-0.39, 0.29) is 5.82 Å². The summed E-state index contributed by atoms with van der Waals surface area (Å²) < 4.78 is 14.9. The molecule has 3 rings (SSSR count). The van der Waals surface area contributed by atoms with E-state index >= 15 is 0 Å². The lowest BCUT2D eigenvalue weighted by atomic mass is 10.2. The summed E-state index contributed by atoms with van der Waals surface area (Å²) >= 11 is 5.53. The average Bonchev–Trinajstić information content (AvgIpc) is 2.71. The van der Waals surface area contributed by atoms with Gasteiger partial charge in [-0.3, -0.25) is 0 Å². The van der Waals surface area contributed by atoms with Crippen LogP contribution >= 0.6 is 38.5 Å². The van der Waals surface area contributed by atoms with E-state index in [1.165, 1.54) is 12.1 Å². The third-order valence-electron chi connectivity index (χ3n) is 2.63. The van der Waals surface area contributed by atoms with Crippen molar-refractivity contribution < 1.29 is 4.39 Å². The molecule has 0 radical (unpaired) electrons. The zero-order chi connectivity index (χ0) is 12.7. The Morgan fingerprint density at radius 1 is 1.17 bits per heavy atom. The summed E-state index contributed by atoms with van der Waals surface area (Å²) in [6, 6.07) is 10.5. The topological polar surface area (TPSA) is 28.7 Å². The molecule has 0 bridgehead atoms. The number of H-pyrrole nitrogens is 1. The molecule has 0 amide bonds. The van der Waals surface area contributed by atoms with Gasteiger partial charge in [0.15, 0.2) is 0 Å². The Balaban J connectivity index is 2.19. The first kappa shape index (κ1) is 12.1. The van der Waals surface area contributed by atoms with Crippen LogP contribution in [0, 0.1) is 9.39 Å². The number of aromatic nitrogens is 2. The molecule has 1 heterocycles. The summed E-state index contributed by atoms with van der Waals surface area (Å²) in [6.45, 7) is 0. The Kier molecular flexibility index (Phi) is 3.11. The largest absolute Gasteiger partial charge is 0.338 e. The molecule has 0 saturated carbocycles. The Morgan fingerprint density at radius 2 is 2.00 bits per heavy atom. The number of imidazole rings is 1. The van der Waals surface area contributed by atoms with Crippen LogP contribution in [0.5, 0.6) is 0 Å². The fourth-order valence-electron chi connectivity index (χ4n) is 1.79. The maximum atomic E-state index is 13.1. The zero-order valence-electron chi connectivity index (χ0n) is 9.05. The van der Waals surface area contributed by atoms with E-state index in [9.17, 15) is 4.39 Å². The molecule has 1 aromatic heterocycles. The fourth-order valence-corrected chi connectivity index (χ4v) is 2.88. The van der Waals surface area contributed by atoms with Gasteiger partial charge < -0.3 is 4.98 Å². The van der Waals surface area contributed by atoms with Crippen molar-refractivity contribution in [2.75, 3.05) is 0 Å². The minimum Gasteiger partial charge on any atom is -0.338 e. The van der Waals surface area contributed by atoms with Crippen LogP contribution in [0.25, 0.3) is 22.4 Å². The molecule has 0 aliphatic rings. The summed E-state index contributed by atoms with van der Waals surface area (Å²) in [5, 5.41) is 0. The highest BCUT2D eigenvalue weighted by Gasteiger charge is 2.09. The first-order valence-electron chi connectivity index (χ1n) is 5.24. The van der Waals surface area contributed by atoms with Crippen molar-refractivity contribution >= 4 is 49.6 Å². The van der Waals surface area contributed by atoms with E-state index in [0.29, 0.717) is 0 Å². The average molecular weight is 417 g/mol. The van der Waals surface area contributed by atoms with Crippen molar-refractivity contribution in [2.45, 2.75) is 0 Å². The molecular formula is C13H7BrFIN2. The third-order valence-corrected chi connectivity index (χ3v) is 4.02. The maximum Gasteiger partial charge on any atom is 0.139 e. The molecule has 0 aliphatic carbocycles. The molecule has 90 valence electrons. The van der Waals surface area contributed by atoms with Crippen LogP contribution in [0.4, 0.5) is 4.39 Å². The van der Waals surface area contributed by atoms with Crippen molar-refractivity contribution in [2.24, 2.45) is 0 Å². The van der Waals surface area contributed by atoms with E-state index in [1.807, 2.05) is 18.2 Å². The summed E-state index contributed by atoms with van der Waals surface area (Å²) in [6.07, 6.45) is 0. The maximum absolute atomic E-state index is 13.1. The van der Waals surface area contributed by atoms with E-state index in [4.69, 9.17) is 0 Å². The standard InChI is InChI=1S/C13H7BrFIN2/c14-7-1-4-11-12(5-7)18-13(17-11)9-3-2-8(15)6-10(9)16/h1-6H,(H,17,18). The molecule has 5 heteroatoms. The molecule has 18 heavy (non-hydrogen) atoms. The number of halogens is 3. The first-order valence-corrected chi connectivity index (χ1v) is 7.11. The number of nitrogens with zero attached hydrogens (tertiary/aromatic N) is 1. The van der Waals surface area contributed by atoms with Gasteiger partial charge in [-0.1, -0.05) is 15.9 Å². The van der Waals surface area contributed by atoms with Gasteiger partial charge in [-0.2, -0.15) is 0 Å². The van der Waals surface area contributed by atoms with Gasteiger partial charge >= 0.3 is 0 Å². The van der Waals surface area contributed by atoms with Crippen LogP contribution in [0.1, 0.15) is 0 Å². The van der Waals surface area contributed by atoms with Gasteiger partial charge in [0, 0.05) is 13.6 Å². The van der Waals surface area contributed by atoms with Gasteiger partial charge in [0.05, 0.1) is 11.0 Å². The van der Waals surface area contributed by atoms with Gasteiger partial charge in [-0.05, 0) is 59.0 Å². The SMILES string of the molecule is Fc1ccc(-c2nc3ccc(Br)cc3[nH]2)c(I)c1. The quantitative estimate of drug-likeness (QED) is 0.570. The second-order valence-electron chi connectivity index (χ2n) is 3.87. The normalized spacial score (nSPS) is 11.1. The molecule has 3 aromatic rings. The molecule has 0 unspecified atom stereocenters. The number of fused-ring (bicyclic) bond motifs is 1. The summed E-state index contributed by atoms with van der Waals surface area (Å²) in [4.78, 5) is 7.76. The highest BCUT2D eigenvalue weighted by Crippen LogP contribution is 2.26. The lowest BCUT2D eigenvalue weighted by molar-refractivity contribution is 0.627. The predicted molar refractivity (Wildman–Crippen MR) is 81.9 cm³/mol. The van der Waals surface area contributed by atoms with Crippen LogP contribution < -0.4 is 0 Å². The molecule has 0 saturated heterocycles. The molecule has 2 aromatic carbocycles. The number of rotatable bonds is 1. The van der Waals surface area contributed by atoms with Crippen molar-refractivity contribution in [3.63, 3.8) is 0 Å². The van der Waals surface area contributed by atoms with Crippen LogP contribution in [0.2, 0.25) is 0 Å². The monoisotopic (exact) mass is 416 g/mol. The first-order chi connectivity index (χ1) is 8.63. The van der Waals surface area contributed by atoms with Crippen LogP contribution in [0.15, 0.2) is 40.9 Å². The van der Waals surface area contributed by atoms with Gasteiger partial charge in [-0.15, -0.1) is 0 Å². The summed E-state index contributed by atoms with van der Waals surface area (Å²) in [5.74, 6) is 0.523. The Hall–Kier alpha value is -0.950. The number of benzene rings is 2. The molecule has 0 atom stereocenters. The molecule has 0 fully saturated rings. The molecule has 2 nitrogen and oxygen atoms in total. The Labute approximate surface area is 125 Å². The second kappa shape index (κ2) is 4.62. The Morgan fingerprint density at radius 3 is 2.78 bits per heavy atom. The number of hydrogen-bond donors (Lipinski definition) is 1. The van der Waals surface area contributed by atoms with E-state index < -0.39 is 0 Å². The number of nitrogens with one attached hydrogen (secondary N) is 1. The third kappa shape index (κ3) is 2.16. The fraction of sp³-hybridized carbons (Fsp3) is 0. The highest BCUT2D eigenvalue weighted by molar-refractivity contribution is 14.1. The van der Waals surface area contributed by atoms with Crippen LogP contribution in [-0.4, -0.2) is 9.97 Å². The van der Waals surface area contributed by atoms with Gasteiger partial charge in [0.1, 0.15) is 11.6 Å². The number of hydrogen-bond acceptors (Lipinski definition) is 1. The van der Waals surface area contributed by atoms with Gasteiger partial charge in [0.25, 0.3) is 0 Å². The molecule has 0 spiro atoms. The molecule has 0 aliphatic heterocycles. The number of aromatic amines is 1. The van der Waals surface area contributed by atoms with E-state index in [0.717, 1.165) is 30.5 Å². The smallest absolute Gasteiger partial charge is 0.139 e. The molecule has 1 N–H and O–H groups in total. The van der Waals surface area contributed by atoms with Crippen LogP contribution in [0.3, 0.4) is 0 Å². The minimum atomic E-state index is -0.234. The van der Waals surface area contributed by atoms with Crippen molar-refractivity contribution in [1.29, 1.82) is 0 Å². The lowest BCUT2D eigenvalue weighted by Gasteiger charge is -2.00. The zero-order valence-corrected chi connectivity index (χ0v) is 12.8. The van der Waals surface area contributed by atoms with E-state index in [2.05, 4.69) is 48.5 Å². The van der Waals surface area contributed by atoms with E-state index in [1.54, 1.807) is 6.07 Å². The van der Waals surface area contributed by atoms with Crippen molar-refractivity contribution in [3.8, 4) is 11.4 Å². The van der Waals surface area contributed by atoms with Crippen molar-refractivity contribution in [3.05, 3.63) is 50.3 Å².